The second-order valence-electron chi connectivity index (χ2n) is 7.33. The van der Waals surface area contributed by atoms with E-state index in [0.717, 1.165) is 0 Å². The lowest BCUT2D eigenvalue weighted by Crippen LogP contribution is -1.89. The van der Waals surface area contributed by atoms with Gasteiger partial charge in [-0.25, -0.2) is 0 Å². The topological polar surface area (TPSA) is 0 Å². The van der Waals surface area contributed by atoms with Gasteiger partial charge in [-0.2, -0.15) is 0 Å². The molecule has 0 aliphatic carbocycles. The minimum atomic E-state index is 1.18. The first-order chi connectivity index (χ1) is 17.2. The van der Waals surface area contributed by atoms with E-state index in [1.54, 1.807) is 0 Å². The summed E-state index contributed by atoms with van der Waals surface area (Å²) < 4.78 is 0. The van der Waals surface area contributed by atoms with Crippen LogP contribution in [0.15, 0.2) is 122 Å². The molecule has 182 valence electrons. The fourth-order valence-corrected chi connectivity index (χ4v) is 3.71. The zero-order chi connectivity index (χ0) is 26.1. The Hall–Kier alpha value is -3.64. The first-order valence-electron chi connectivity index (χ1n) is 12.8. The van der Waals surface area contributed by atoms with Gasteiger partial charge in [0.05, 0.1) is 0 Å². The largest absolute Gasteiger partial charge is 0.0991 e. The van der Waals surface area contributed by atoms with Crippen LogP contribution in [0.3, 0.4) is 0 Å². The van der Waals surface area contributed by atoms with Crippen LogP contribution in [0.25, 0.3) is 33.4 Å². The highest BCUT2D eigenvalue weighted by molar-refractivity contribution is 5.84. The van der Waals surface area contributed by atoms with Gasteiger partial charge < -0.3 is 0 Å². The van der Waals surface area contributed by atoms with Gasteiger partial charge in [-0.1, -0.05) is 125 Å². The van der Waals surface area contributed by atoms with E-state index in [2.05, 4.69) is 131 Å². The van der Waals surface area contributed by atoms with Crippen LogP contribution in [0.4, 0.5) is 0 Å². The minimum absolute atomic E-state index is 1.18. The van der Waals surface area contributed by atoms with Crippen molar-refractivity contribution in [3.8, 4) is 22.3 Å². The molecule has 0 atom stereocenters. The predicted octanol–water partition coefficient (Wildman–Crippen LogP) is 11.2. The highest BCUT2D eigenvalue weighted by Crippen LogP contribution is 2.32. The Morgan fingerprint density at radius 3 is 1.69 bits per heavy atom. The number of rotatable bonds is 7. The van der Waals surface area contributed by atoms with E-state index in [1.807, 2.05) is 39.8 Å². The van der Waals surface area contributed by atoms with E-state index in [-0.39, 0.29) is 0 Å². The van der Waals surface area contributed by atoms with Crippen molar-refractivity contribution in [2.75, 3.05) is 0 Å². The third-order valence-corrected chi connectivity index (χ3v) is 5.28. The molecule has 0 aliphatic heterocycles. The lowest BCUT2D eigenvalue weighted by atomic mass is 9.91. The van der Waals surface area contributed by atoms with Crippen molar-refractivity contribution in [3.63, 3.8) is 0 Å². The van der Waals surface area contributed by atoms with Crippen molar-refractivity contribution in [1.82, 2.24) is 0 Å². The summed E-state index contributed by atoms with van der Waals surface area (Å²) in [5.41, 5.74) is 9.68. The van der Waals surface area contributed by atoms with Crippen LogP contribution >= 0.6 is 0 Å². The third kappa shape index (κ3) is 8.58. The monoisotopic (exact) mass is 462 g/mol. The Balaban J connectivity index is 0.00000145. The minimum Gasteiger partial charge on any atom is -0.0991 e. The number of hydrogen-bond acceptors (Lipinski definition) is 0. The Morgan fingerprint density at radius 2 is 1.11 bits per heavy atom. The molecule has 0 spiro atoms. The highest BCUT2D eigenvalue weighted by Gasteiger charge is 2.08. The molecule has 3 aromatic rings. The second-order valence-corrected chi connectivity index (χ2v) is 7.33. The molecule has 0 aliphatic rings. The third-order valence-electron chi connectivity index (χ3n) is 5.28. The molecule has 0 N–H and O–H groups in total. The van der Waals surface area contributed by atoms with Crippen molar-refractivity contribution in [3.05, 3.63) is 133 Å². The fraction of sp³-hybridized carbons (Fsp3) is 0.200. The molecule has 0 unspecified atom stereocenters. The Morgan fingerprint density at radius 1 is 0.571 bits per heavy atom. The Kier molecular flexibility index (Phi) is 14.2. The van der Waals surface area contributed by atoms with Crippen molar-refractivity contribution >= 4 is 11.1 Å². The summed E-state index contributed by atoms with van der Waals surface area (Å²) in [6.45, 7) is 18.0. The van der Waals surface area contributed by atoms with Crippen LogP contribution in [0.2, 0.25) is 0 Å². The van der Waals surface area contributed by atoms with Gasteiger partial charge >= 0.3 is 0 Å². The van der Waals surface area contributed by atoms with Crippen molar-refractivity contribution in [2.24, 2.45) is 0 Å². The fourth-order valence-electron chi connectivity index (χ4n) is 3.71. The van der Waals surface area contributed by atoms with Crippen molar-refractivity contribution in [1.29, 1.82) is 0 Å². The molecule has 0 bridgehead atoms. The molecule has 3 aromatic carbocycles. The van der Waals surface area contributed by atoms with Crippen LogP contribution in [-0.4, -0.2) is 0 Å². The average molecular weight is 463 g/mol. The van der Waals surface area contributed by atoms with Crippen LogP contribution in [0, 0.1) is 0 Å². The molecule has 0 amide bonds. The van der Waals surface area contributed by atoms with Crippen LogP contribution in [-0.2, 0) is 0 Å². The zero-order valence-electron chi connectivity index (χ0n) is 22.7. The van der Waals surface area contributed by atoms with Crippen molar-refractivity contribution < 1.29 is 0 Å². The molecule has 0 nitrogen and oxygen atoms in total. The lowest BCUT2D eigenvalue weighted by Gasteiger charge is -2.13. The standard InChI is InChI=1S/C31H30.2C2H6/c1-5-9-15-25(8-4)29-21-30(26-16-11-10-12-17-26)23-31(22-29)28-19-13-18-27(20-28)24(7-3)14-6-2;2*1-2/h5-23H,1H2,2-4H3;2*1-2H3/b14-6-,15-9-,24-7+,25-8+;;. The normalized spacial score (nSPS) is 11.5. The summed E-state index contributed by atoms with van der Waals surface area (Å²) in [6, 6.07) is 26.2. The first-order valence-corrected chi connectivity index (χ1v) is 12.8. The van der Waals surface area contributed by atoms with E-state index in [4.69, 9.17) is 0 Å². The molecule has 0 saturated heterocycles. The predicted molar refractivity (Wildman–Crippen MR) is 161 cm³/mol. The van der Waals surface area contributed by atoms with E-state index in [9.17, 15) is 0 Å². The van der Waals surface area contributed by atoms with Crippen LogP contribution in [0.5, 0.6) is 0 Å². The van der Waals surface area contributed by atoms with E-state index < -0.39 is 0 Å². The van der Waals surface area contributed by atoms with Gasteiger partial charge in [0.15, 0.2) is 0 Å². The summed E-state index contributed by atoms with van der Waals surface area (Å²) in [7, 11) is 0. The average Bonchev–Trinajstić information content (AvgIpc) is 2.94. The summed E-state index contributed by atoms with van der Waals surface area (Å²) >= 11 is 0. The number of allylic oxidation sites excluding steroid dienone is 9. The molecule has 0 radical (unpaired) electrons. The molecular weight excluding hydrogens is 420 g/mol. The number of hydrogen-bond donors (Lipinski definition) is 0. The Labute approximate surface area is 214 Å². The smallest absolute Gasteiger partial charge is 0.0171 e. The maximum atomic E-state index is 3.82. The van der Waals surface area contributed by atoms with Crippen LogP contribution in [0.1, 0.15) is 59.6 Å². The Bertz CT molecular complexity index is 1150. The van der Waals surface area contributed by atoms with Gasteiger partial charge in [-0.05, 0) is 89.6 Å². The first kappa shape index (κ1) is 29.4. The maximum absolute atomic E-state index is 3.82. The maximum Gasteiger partial charge on any atom is -0.0171 e. The van der Waals surface area contributed by atoms with E-state index >= 15 is 0 Å². The quantitative estimate of drug-likeness (QED) is 0.306. The van der Waals surface area contributed by atoms with E-state index in [0.29, 0.717) is 0 Å². The zero-order valence-corrected chi connectivity index (χ0v) is 22.7. The molecule has 3 rings (SSSR count). The lowest BCUT2D eigenvalue weighted by molar-refractivity contribution is 1.50. The van der Waals surface area contributed by atoms with Gasteiger partial charge in [-0.15, -0.1) is 0 Å². The molecule has 0 heterocycles. The molecule has 0 aromatic heterocycles. The van der Waals surface area contributed by atoms with Crippen molar-refractivity contribution in [2.45, 2.75) is 48.5 Å². The summed E-state index contributed by atoms with van der Waals surface area (Å²) in [4.78, 5) is 0. The van der Waals surface area contributed by atoms with Crippen LogP contribution < -0.4 is 0 Å². The molecule has 35 heavy (non-hydrogen) atoms. The van der Waals surface area contributed by atoms with E-state index in [1.165, 1.54) is 44.5 Å². The van der Waals surface area contributed by atoms with Gasteiger partial charge in [-0.3, -0.25) is 0 Å². The van der Waals surface area contributed by atoms with Gasteiger partial charge in [0.25, 0.3) is 0 Å². The molecule has 0 heteroatoms. The summed E-state index contributed by atoms with van der Waals surface area (Å²) in [5, 5.41) is 0. The highest BCUT2D eigenvalue weighted by atomic mass is 14.1. The number of benzene rings is 3. The molecule has 0 saturated carbocycles. The molecule has 0 fully saturated rings. The summed E-state index contributed by atoms with van der Waals surface area (Å²) in [6.07, 6.45) is 14.5. The summed E-state index contributed by atoms with van der Waals surface area (Å²) in [5.74, 6) is 0. The second kappa shape index (κ2) is 16.9. The van der Waals surface area contributed by atoms with Gasteiger partial charge in [0, 0.05) is 0 Å². The van der Waals surface area contributed by atoms with Gasteiger partial charge in [0.1, 0.15) is 0 Å². The van der Waals surface area contributed by atoms with Gasteiger partial charge in [0.2, 0.25) is 0 Å². The SMILES string of the molecule is C=C/C=C\C(=C/C)c1cc(-c2ccccc2)cc(-c2cccc(C(/C=C\C)=C/C)c2)c1.CC.CC. The molecular formula is C35H42.